The number of hydrogen-bond acceptors (Lipinski definition) is 4. The number of fused-ring (bicyclic) bond motifs is 1. The van der Waals surface area contributed by atoms with E-state index in [9.17, 15) is 9.59 Å². The quantitative estimate of drug-likeness (QED) is 0.713. The van der Waals surface area contributed by atoms with Crippen LogP contribution in [0.25, 0.3) is 6.08 Å². The van der Waals surface area contributed by atoms with Crippen LogP contribution in [0.1, 0.15) is 28.4 Å². The monoisotopic (exact) mass is 376 g/mol. The number of Topliss-reactive ketones (excluding diaryl/α,β-unsaturated/α-hetero) is 2. The van der Waals surface area contributed by atoms with E-state index in [1.165, 1.54) is 6.92 Å². The highest BCUT2D eigenvalue weighted by molar-refractivity contribution is 6.35. The van der Waals surface area contributed by atoms with E-state index in [0.717, 1.165) is 0 Å². The summed E-state index contributed by atoms with van der Waals surface area (Å²) in [7, 11) is 0. The maximum Gasteiger partial charge on any atom is 0.232 e. The first-order valence-corrected chi connectivity index (χ1v) is 8.27. The van der Waals surface area contributed by atoms with Crippen LogP contribution in [0.5, 0.6) is 11.5 Å². The van der Waals surface area contributed by atoms with Crippen LogP contribution in [0.3, 0.4) is 0 Å². The minimum absolute atomic E-state index is 0.0325. The molecule has 0 saturated carbocycles. The van der Waals surface area contributed by atoms with Crippen molar-refractivity contribution in [2.75, 3.05) is 6.61 Å². The topological polar surface area (TPSA) is 52.6 Å². The van der Waals surface area contributed by atoms with Crippen molar-refractivity contribution < 1.29 is 19.1 Å². The molecule has 0 bridgehead atoms. The second kappa shape index (κ2) is 6.90. The number of benzene rings is 2. The number of ether oxygens (including phenoxy) is 2. The Kier molecular flexibility index (Phi) is 4.84. The third kappa shape index (κ3) is 3.70. The summed E-state index contributed by atoms with van der Waals surface area (Å²) in [5.41, 5.74) is 1.83. The summed E-state index contributed by atoms with van der Waals surface area (Å²) in [6, 6.07) is 8.31. The Morgan fingerprint density at radius 3 is 2.68 bits per heavy atom. The van der Waals surface area contributed by atoms with Crippen LogP contribution in [0.15, 0.2) is 36.1 Å². The second-order valence-electron chi connectivity index (χ2n) is 5.71. The lowest BCUT2D eigenvalue weighted by Crippen LogP contribution is -2.06. The third-order valence-electron chi connectivity index (χ3n) is 3.63. The van der Waals surface area contributed by atoms with Crippen molar-refractivity contribution >= 4 is 40.8 Å². The minimum atomic E-state index is -0.225. The molecule has 0 unspecified atom stereocenters. The van der Waals surface area contributed by atoms with Crippen LogP contribution in [0.4, 0.5) is 0 Å². The predicted octanol–water partition coefficient (Wildman–Crippen LogP) is 4.89. The lowest BCUT2D eigenvalue weighted by Gasteiger charge is -2.07. The highest BCUT2D eigenvalue weighted by Crippen LogP contribution is 2.38. The Morgan fingerprint density at radius 2 is 2.00 bits per heavy atom. The average Bonchev–Trinajstić information content (AvgIpc) is 2.84. The molecule has 0 amide bonds. The van der Waals surface area contributed by atoms with Crippen molar-refractivity contribution in [3.8, 4) is 11.5 Å². The molecule has 0 fully saturated rings. The molecular weight excluding hydrogens is 363 g/mol. The molecule has 0 spiro atoms. The van der Waals surface area contributed by atoms with Gasteiger partial charge in [0, 0.05) is 16.1 Å². The summed E-state index contributed by atoms with van der Waals surface area (Å²) < 4.78 is 11.1. The van der Waals surface area contributed by atoms with Gasteiger partial charge in [-0.15, -0.1) is 0 Å². The van der Waals surface area contributed by atoms with Gasteiger partial charge in [-0.3, -0.25) is 9.59 Å². The van der Waals surface area contributed by atoms with Crippen molar-refractivity contribution in [3.05, 3.63) is 62.8 Å². The Labute approximate surface area is 155 Å². The first-order chi connectivity index (χ1) is 11.8. The maximum atomic E-state index is 12.6. The van der Waals surface area contributed by atoms with Crippen LogP contribution in [-0.4, -0.2) is 18.2 Å². The van der Waals surface area contributed by atoms with Crippen LogP contribution >= 0.6 is 23.2 Å². The van der Waals surface area contributed by atoms with E-state index in [0.29, 0.717) is 38.2 Å². The zero-order valence-corrected chi connectivity index (χ0v) is 15.1. The van der Waals surface area contributed by atoms with Gasteiger partial charge in [0.15, 0.2) is 11.5 Å². The molecule has 2 aromatic rings. The Balaban J connectivity index is 1.93. The lowest BCUT2D eigenvalue weighted by atomic mass is 10.0. The average molecular weight is 377 g/mol. The zero-order chi connectivity index (χ0) is 18.1. The Hall–Kier alpha value is -2.30. The van der Waals surface area contributed by atoms with Crippen molar-refractivity contribution in [3.63, 3.8) is 0 Å². The summed E-state index contributed by atoms with van der Waals surface area (Å²) in [6.45, 7) is 3.20. The fourth-order valence-corrected chi connectivity index (χ4v) is 2.97. The maximum absolute atomic E-state index is 12.6. The van der Waals surface area contributed by atoms with E-state index in [2.05, 4.69) is 0 Å². The molecule has 1 aliphatic heterocycles. The standard InChI is InChI=1S/C19H14Cl2O4/c1-10-5-14(24-9-11(2)22)8-16-18(10)19(23)17(25-16)6-12-3-4-13(20)7-15(12)21/h3-8H,9H2,1-2H3/b17-6-. The van der Waals surface area contributed by atoms with Crippen molar-refractivity contribution in [1.29, 1.82) is 0 Å². The highest BCUT2D eigenvalue weighted by atomic mass is 35.5. The van der Waals surface area contributed by atoms with E-state index in [4.69, 9.17) is 32.7 Å². The molecule has 3 rings (SSSR count). The number of aryl methyl sites for hydroxylation is 1. The van der Waals surface area contributed by atoms with E-state index in [1.54, 1.807) is 43.3 Å². The van der Waals surface area contributed by atoms with Gasteiger partial charge >= 0.3 is 0 Å². The molecule has 4 nitrogen and oxygen atoms in total. The number of ketones is 2. The third-order valence-corrected chi connectivity index (χ3v) is 4.20. The van der Waals surface area contributed by atoms with Crippen LogP contribution in [-0.2, 0) is 4.79 Å². The van der Waals surface area contributed by atoms with E-state index in [1.807, 2.05) is 0 Å². The summed E-state index contributed by atoms with van der Waals surface area (Å²) in [4.78, 5) is 23.7. The first-order valence-electron chi connectivity index (χ1n) is 7.51. The fraction of sp³-hybridized carbons (Fsp3) is 0.158. The van der Waals surface area contributed by atoms with Crippen molar-refractivity contribution in [1.82, 2.24) is 0 Å². The summed E-state index contributed by atoms with van der Waals surface area (Å²) >= 11 is 12.0. The largest absolute Gasteiger partial charge is 0.486 e. The molecule has 6 heteroatoms. The molecule has 0 aromatic heterocycles. The zero-order valence-electron chi connectivity index (χ0n) is 13.6. The van der Waals surface area contributed by atoms with E-state index in [-0.39, 0.29) is 23.9 Å². The number of halogens is 2. The Bertz CT molecular complexity index is 916. The van der Waals surface area contributed by atoms with E-state index >= 15 is 0 Å². The van der Waals surface area contributed by atoms with Crippen molar-refractivity contribution in [2.24, 2.45) is 0 Å². The van der Waals surface area contributed by atoms with Gasteiger partial charge in [0.2, 0.25) is 5.78 Å². The van der Waals surface area contributed by atoms with Crippen LogP contribution < -0.4 is 9.47 Å². The van der Waals surface area contributed by atoms with E-state index < -0.39 is 0 Å². The molecular formula is C19H14Cl2O4. The van der Waals surface area contributed by atoms with Gasteiger partial charge in [-0.25, -0.2) is 0 Å². The number of allylic oxidation sites excluding steroid dienone is 1. The predicted molar refractivity (Wildman–Crippen MR) is 96.8 cm³/mol. The normalized spacial score (nSPS) is 14.4. The van der Waals surface area contributed by atoms with Gasteiger partial charge in [0.1, 0.15) is 18.1 Å². The number of rotatable bonds is 4. The van der Waals surface area contributed by atoms with Crippen LogP contribution in [0, 0.1) is 6.92 Å². The smallest absolute Gasteiger partial charge is 0.232 e. The first kappa shape index (κ1) is 17.5. The van der Waals surface area contributed by atoms with Gasteiger partial charge in [0.05, 0.1) is 5.56 Å². The summed E-state index contributed by atoms with van der Waals surface area (Å²) in [5, 5.41) is 0.937. The van der Waals surface area contributed by atoms with Gasteiger partial charge in [-0.1, -0.05) is 29.3 Å². The number of carbonyl (C=O) groups excluding carboxylic acids is 2. The molecule has 0 N–H and O–H groups in total. The number of hydrogen-bond donors (Lipinski definition) is 0. The second-order valence-corrected chi connectivity index (χ2v) is 6.55. The van der Waals surface area contributed by atoms with Gasteiger partial charge in [-0.05, 0) is 49.2 Å². The molecule has 2 aromatic carbocycles. The summed E-state index contributed by atoms with van der Waals surface area (Å²) in [5.74, 6) is 0.737. The molecule has 128 valence electrons. The molecule has 25 heavy (non-hydrogen) atoms. The van der Waals surface area contributed by atoms with Crippen molar-refractivity contribution in [2.45, 2.75) is 13.8 Å². The SMILES string of the molecule is CC(=O)COc1cc(C)c2c(c1)O/C(=C\c1ccc(Cl)cc1Cl)C2=O. The molecule has 0 aliphatic carbocycles. The Morgan fingerprint density at radius 1 is 1.24 bits per heavy atom. The molecule has 0 atom stereocenters. The van der Waals surface area contributed by atoms with Gasteiger partial charge in [-0.2, -0.15) is 0 Å². The molecule has 1 aliphatic rings. The lowest BCUT2D eigenvalue weighted by molar-refractivity contribution is -0.118. The highest BCUT2D eigenvalue weighted by Gasteiger charge is 2.30. The van der Waals surface area contributed by atoms with Crippen LogP contribution in [0.2, 0.25) is 10.0 Å². The fourth-order valence-electron chi connectivity index (χ4n) is 2.51. The van der Waals surface area contributed by atoms with Gasteiger partial charge in [0.25, 0.3) is 0 Å². The van der Waals surface area contributed by atoms with Gasteiger partial charge < -0.3 is 9.47 Å². The molecule has 0 radical (unpaired) electrons. The molecule has 0 saturated heterocycles. The minimum Gasteiger partial charge on any atom is -0.486 e. The molecule has 1 heterocycles. The summed E-state index contributed by atoms with van der Waals surface area (Å²) in [6.07, 6.45) is 1.58. The number of carbonyl (C=O) groups is 2.